The van der Waals surface area contributed by atoms with Gasteiger partial charge in [0, 0.05) is 29.9 Å². The van der Waals surface area contributed by atoms with E-state index in [2.05, 4.69) is 5.32 Å². The monoisotopic (exact) mass is 364 g/mol. The van der Waals surface area contributed by atoms with Crippen molar-refractivity contribution in [3.05, 3.63) is 75.7 Å². The molecule has 1 aromatic heterocycles. The zero-order chi connectivity index (χ0) is 19.7. The molecule has 0 spiro atoms. The molecule has 2 aromatic carbocycles. The molecule has 0 amide bonds. The number of nitrogens with one attached hydrogen (secondary N) is 1. The number of phenols is 1. The Labute approximate surface area is 156 Å². The van der Waals surface area contributed by atoms with Gasteiger partial charge in [0.25, 0.3) is 5.56 Å². The fourth-order valence-electron chi connectivity index (χ4n) is 3.01. The Bertz CT molecular complexity index is 1140. The molecule has 27 heavy (non-hydrogen) atoms. The number of para-hydroxylation sites is 1. The van der Waals surface area contributed by atoms with Crippen molar-refractivity contribution in [3.8, 4) is 11.5 Å². The number of hydrogen-bond donors (Lipinski definition) is 3. The summed E-state index contributed by atoms with van der Waals surface area (Å²) in [4.78, 5) is 25.3. The lowest BCUT2D eigenvalue weighted by Crippen LogP contribution is -2.24. The number of ketones is 1. The number of pyridine rings is 1. The minimum atomic E-state index is -0.583. The highest BCUT2D eigenvalue weighted by Gasteiger charge is 2.19. The maximum Gasteiger partial charge on any atom is 0.265 e. The molecule has 0 aliphatic carbocycles. The molecule has 0 fully saturated rings. The van der Waals surface area contributed by atoms with Gasteiger partial charge in [0.05, 0.1) is 5.52 Å². The molecular weight excluding hydrogens is 344 g/mol. The van der Waals surface area contributed by atoms with Crippen LogP contribution in [0.15, 0.2) is 59.0 Å². The summed E-state index contributed by atoms with van der Waals surface area (Å²) in [6, 6.07) is 11.7. The summed E-state index contributed by atoms with van der Waals surface area (Å²) in [6.45, 7) is 3.51. The molecule has 0 unspecified atom stereocenters. The largest absolute Gasteiger partial charge is 0.508 e. The second-order valence-corrected chi connectivity index (χ2v) is 6.42. The van der Waals surface area contributed by atoms with Gasteiger partial charge >= 0.3 is 0 Å². The van der Waals surface area contributed by atoms with E-state index in [0.717, 1.165) is 11.3 Å². The van der Waals surface area contributed by atoms with Crippen molar-refractivity contribution < 1.29 is 15.0 Å². The van der Waals surface area contributed by atoms with Crippen LogP contribution in [0.4, 0.5) is 5.69 Å². The van der Waals surface area contributed by atoms with E-state index in [4.69, 9.17) is 0 Å². The summed E-state index contributed by atoms with van der Waals surface area (Å²) in [5.41, 5.74) is 1.77. The van der Waals surface area contributed by atoms with Crippen molar-refractivity contribution >= 4 is 22.4 Å². The number of anilines is 1. The Morgan fingerprint density at radius 3 is 2.56 bits per heavy atom. The van der Waals surface area contributed by atoms with Crippen LogP contribution in [-0.4, -0.2) is 20.6 Å². The van der Waals surface area contributed by atoms with Gasteiger partial charge in [0.15, 0.2) is 5.78 Å². The molecule has 1 heterocycles. The second kappa shape index (κ2) is 6.99. The maximum atomic E-state index is 12.7. The number of hydrogen-bond acceptors (Lipinski definition) is 5. The number of aromatic hydroxyl groups is 2. The van der Waals surface area contributed by atoms with Gasteiger partial charge in [0.2, 0.25) is 0 Å². The van der Waals surface area contributed by atoms with Crippen LogP contribution in [0.1, 0.15) is 22.8 Å². The Balaban J connectivity index is 2.00. The first-order chi connectivity index (χ1) is 12.8. The molecule has 3 rings (SSSR count). The van der Waals surface area contributed by atoms with Crippen molar-refractivity contribution in [1.29, 1.82) is 0 Å². The van der Waals surface area contributed by atoms with E-state index in [-0.39, 0.29) is 17.1 Å². The van der Waals surface area contributed by atoms with Crippen molar-refractivity contribution in [2.24, 2.45) is 7.05 Å². The number of carbonyl (C=O) groups is 1. The summed E-state index contributed by atoms with van der Waals surface area (Å²) in [7, 11) is 1.56. The third-order valence-electron chi connectivity index (χ3n) is 4.41. The van der Waals surface area contributed by atoms with Gasteiger partial charge in [-0.15, -0.1) is 0 Å². The molecule has 3 N–H and O–H groups in total. The number of fused-ring (bicyclic) bond motifs is 1. The number of phenolic OH excluding ortho intramolecular Hbond substituents is 1. The summed E-state index contributed by atoms with van der Waals surface area (Å²) in [6.07, 6.45) is 1.28. The highest BCUT2D eigenvalue weighted by atomic mass is 16.3. The molecule has 138 valence electrons. The standard InChI is InChI=1S/C21H20N2O4/c1-12-10-14(24)8-9-16(12)22-13(2)11-18(25)19-20(26)15-6-4-5-7-17(15)23(3)21(19)27/h4-11,22,24,26H,1-3H3/b13-11+. The van der Waals surface area contributed by atoms with Crippen LogP contribution < -0.4 is 10.9 Å². The molecule has 0 saturated carbocycles. The lowest BCUT2D eigenvalue weighted by molar-refractivity contribution is 0.104. The van der Waals surface area contributed by atoms with Crippen molar-refractivity contribution in [3.63, 3.8) is 0 Å². The van der Waals surface area contributed by atoms with E-state index >= 15 is 0 Å². The van der Waals surface area contributed by atoms with Crippen LogP contribution in [0.3, 0.4) is 0 Å². The number of allylic oxidation sites excluding steroid dienone is 2. The van der Waals surface area contributed by atoms with Gasteiger partial charge in [0.1, 0.15) is 17.1 Å². The van der Waals surface area contributed by atoms with Gasteiger partial charge in [-0.25, -0.2) is 0 Å². The Kier molecular flexibility index (Phi) is 4.73. The van der Waals surface area contributed by atoms with E-state index in [1.165, 1.54) is 16.7 Å². The highest BCUT2D eigenvalue weighted by molar-refractivity contribution is 6.09. The third-order valence-corrected chi connectivity index (χ3v) is 4.41. The van der Waals surface area contributed by atoms with Gasteiger partial charge in [-0.2, -0.15) is 0 Å². The van der Waals surface area contributed by atoms with Crippen LogP contribution in [0.5, 0.6) is 11.5 Å². The number of nitrogens with zero attached hydrogens (tertiary/aromatic N) is 1. The van der Waals surface area contributed by atoms with E-state index in [0.29, 0.717) is 16.6 Å². The molecular formula is C21H20N2O4. The fraction of sp³-hybridized carbons (Fsp3) is 0.143. The van der Waals surface area contributed by atoms with Crippen molar-refractivity contribution in [2.45, 2.75) is 13.8 Å². The quantitative estimate of drug-likeness (QED) is 0.375. The Hall–Kier alpha value is -3.54. The molecule has 0 saturated heterocycles. The highest BCUT2D eigenvalue weighted by Crippen LogP contribution is 2.27. The van der Waals surface area contributed by atoms with Gasteiger partial charge in [-0.3, -0.25) is 9.59 Å². The molecule has 0 atom stereocenters. The maximum absolute atomic E-state index is 12.7. The summed E-state index contributed by atoms with van der Waals surface area (Å²) in [5, 5.41) is 23.5. The van der Waals surface area contributed by atoms with Crippen molar-refractivity contribution in [1.82, 2.24) is 4.57 Å². The molecule has 3 aromatic rings. The minimum Gasteiger partial charge on any atom is -0.508 e. The molecule has 0 aliphatic heterocycles. The zero-order valence-corrected chi connectivity index (χ0v) is 15.3. The van der Waals surface area contributed by atoms with E-state index < -0.39 is 11.3 Å². The predicted molar refractivity (Wildman–Crippen MR) is 105 cm³/mol. The average Bonchev–Trinajstić information content (AvgIpc) is 2.62. The van der Waals surface area contributed by atoms with Gasteiger partial charge in [-0.05, 0) is 49.7 Å². The number of aryl methyl sites for hydroxylation is 2. The number of aromatic nitrogens is 1. The first-order valence-electron chi connectivity index (χ1n) is 8.39. The van der Waals surface area contributed by atoms with E-state index in [1.807, 2.05) is 6.92 Å². The molecule has 0 aliphatic rings. The van der Waals surface area contributed by atoms with Gasteiger partial charge < -0.3 is 20.1 Å². The molecule has 6 nitrogen and oxygen atoms in total. The van der Waals surface area contributed by atoms with Gasteiger partial charge in [-0.1, -0.05) is 12.1 Å². The molecule has 6 heteroatoms. The summed E-state index contributed by atoms with van der Waals surface area (Å²) >= 11 is 0. The fourth-order valence-corrected chi connectivity index (χ4v) is 3.01. The van der Waals surface area contributed by atoms with Crippen LogP contribution in [-0.2, 0) is 7.05 Å². The SMILES string of the molecule is C/C(=C\C(=O)c1c(O)c2ccccc2n(C)c1=O)Nc1ccc(O)cc1C. The lowest BCUT2D eigenvalue weighted by Gasteiger charge is -2.12. The molecule has 0 radical (unpaired) electrons. The smallest absolute Gasteiger partial charge is 0.265 e. The second-order valence-electron chi connectivity index (χ2n) is 6.42. The van der Waals surface area contributed by atoms with Crippen LogP contribution in [0.2, 0.25) is 0 Å². The number of carbonyl (C=O) groups excluding carboxylic acids is 1. The van der Waals surface area contributed by atoms with E-state index in [9.17, 15) is 19.8 Å². The first-order valence-corrected chi connectivity index (χ1v) is 8.39. The van der Waals surface area contributed by atoms with Crippen LogP contribution in [0.25, 0.3) is 10.9 Å². The first kappa shape index (κ1) is 18.3. The Morgan fingerprint density at radius 2 is 1.85 bits per heavy atom. The number of rotatable bonds is 4. The summed E-state index contributed by atoms with van der Waals surface area (Å²) in [5.74, 6) is -0.746. The Morgan fingerprint density at radius 1 is 1.15 bits per heavy atom. The lowest BCUT2D eigenvalue weighted by atomic mass is 10.1. The zero-order valence-electron chi connectivity index (χ0n) is 15.3. The normalized spacial score (nSPS) is 11.6. The molecule has 0 bridgehead atoms. The van der Waals surface area contributed by atoms with Crippen molar-refractivity contribution in [2.75, 3.05) is 5.32 Å². The van der Waals surface area contributed by atoms with Crippen LogP contribution in [0, 0.1) is 6.92 Å². The number of benzene rings is 2. The van der Waals surface area contributed by atoms with E-state index in [1.54, 1.807) is 50.4 Å². The summed E-state index contributed by atoms with van der Waals surface area (Å²) < 4.78 is 1.35. The third kappa shape index (κ3) is 3.42. The van der Waals surface area contributed by atoms with Crippen LogP contribution >= 0.6 is 0 Å². The predicted octanol–water partition coefficient (Wildman–Crippen LogP) is 3.46. The topological polar surface area (TPSA) is 91.6 Å². The average molecular weight is 364 g/mol. The minimum absolute atomic E-state index is 0.153.